The minimum absolute atomic E-state index is 0.146. The lowest BCUT2D eigenvalue weighted by Gasteiger charge is -2.28. The summed E-state index contributed by atoms with van der Waals surface area (Å²) in [7, 11) is 1.57. The van der Waals surface area contributed by atoms with Gasteiger partial charge in [0.05, 0.1) is 30.6 Å². The second-order valence-corrected chi connectivity index (χ2v) is 9.85. The number of aryl methyl sites for hydroxylation is 1. The molecule has 0 aliphatic carbocycles. The molecule has 4 aromatic rings. The number of amides is 1. The highest BCUT2D eigenvalue weighted by Crippen LogP contribution is 2.41. The summed E-state index contributed by atoms with van der Waals surface area (Å²) in [6.45, 7) is 4.42. The van der Waals surface area contributed by atoms with Crippen molar-refractivity contribution in [3.8, 4) is 11.4 Å². The molecule has 200 valence electrons. The molecule has 0 radical (unpaired) electrons. The highest BCUT2D eigenvalue weighted by molar-refractivity contribution is 7.80. The smallest absolute Gasteiger partial charge is 0.226 e. The zero-order chi connectivity index (χ0) is 27.5. The first-order chi connectivity index (χ1) is 18.9. The Morgan fingerprint density at radius 3 is 2.64 bits per heavy atom. The van der Waals surface area contributed by atoms with Crippen LogP contribution in [-0.2, 0) is 4.79 Å². The Morgan fingerprint density at radius 2 is 1.90 bits per heavy atom. The number of methoxy groups -OCH3 is 1. The van der Waals surface area contributed by atoms with E-state index < -0.39 is 0 Å². The first-order valence-electron chi connectivity index (χ1n) is 12.7. The van der Waals surface area contributed by atoms with Gasteiger partial charge in [-0.3, -0.25) is 9.78 Å². The van der Waals surface area contributed by atoms with E-state index in [2.05, 4.69) is 21.7 Å². The van der Waals surface area contributed by atoms with Crippen LogP contribution >= 0.6 is 12.2 Å². The number of carbonyl (C=O) groups excluding carboxylic acids is 1. The monoisotopic (exact) mass is 543 g/mol. The van der Waals surface area contributed by atoms with Crippen LogP contribution in [0, 0.1) is 19.7 Å². The maximum Gasteiger partial charge on any atom is 0.226 e. The molecular formula is C30H30FN5O2S. The normalized spacial score (nSPS) is 16.7. The van der Waals surface area contributed by atoms with E-state index >= 15 is 0 Å². The van der Waals surface area contributed by atoms with Crippen molar-refractivity contribution < 1.29 is 13.9 Å². The summed E-state index contributed by atoms with van der Waals surface area (Å²) in [4.78, 5) is 19.6. The quantitative estimate of drug-likeness (QED) is 0.281. The Morgan fingerprint density at radius 1 is 1.10 bits per heavy atom. The van der Waals surface area contributed by atoms with Gasteiger partial charge in [0.2, 0.25) is 5.91 Å². The summed E-state index contributed by atoms with van der Waals surface area (Å²) < 4.78 is 21.5. The number of anilines is 1. The number of thiocarbonyl (C=S) groups is 1. The third-order valence-corrected chi connectivity index (χ3v) is 7.37. The fourth-order valence-corrected chi connectivity index (χ4v) is 5.60. The SMILES string of the molecule is COc1ccccc1NC(=O)CCN1C(=S)N[C@H](c2ccccn2)[C@@H]1c1cc(C)n(-c2cccc(F)c2)c1C. The Bertz CT molecular complexity index is 1510. The number of rotatable bonds is 8. The van der Waals surface area contributed by atoms with E-state index in [-0.39, 0.29) is 30.2 Å². The van der Waals surface area contributed by atoms with Crippen molar-refractivity contribution in [1.29, 1.82) is 0 Å². The number of benzene rings is 2. The van der Waals surface area contributed by atoms with Crippen molar-refractivity contribution in [3.63, 3.8) is 0 Å². The van der Waals surface area contributed by atoms with Gasteiger partial charge in [-0.1, -0.05) is 24.3 Å². The van der Waals surface area contributed by atoms with Gasteiger partial charge in [0, 0.05) is 36.2 Å². The van der Waals surface area contributed by atoms with Crippen LogP contribution in [0.5, 0.6) is 5.75 Å². The molecule has 0 bridgehead atoms. The molecule has 1 fully saturated rings. The van der Waals surface area contributed by atoms with Crippen molar-refractivity contribution in [3.05, 3.63) is 107 Å². The number of ether oxygens (including phenoxy) is 1. The second kappa shape index (κ2) is 11.2. The highest BCUT2D eigenvalue weighted by Gasteiger charge is 2.41. The highest BCUT2D eigenvalue weighted by atomic mass is 32.1. The predicted molar refractivity (Wildman–Crippen MR) is 154 cm³/mol. The molecule has 0 spiro atoms. The Hall–Kier alpha value is -4.24. The van der Waals surface area contributed by atoms with Crippen molar-refractivity contribution in [1.82, 2.24) is 19.8 Å². The summed E-state index contributed by atoms with van der Waals surface area (Å²) in [5.41, 5.74) is 5.19. The van der Waals surface area contributed by atoms with Gasteiger partial charge >= 0.3 is 0 Å². The summed E-state index contributed by atoms with van der Waals surface area (Å²) in [5.74, 6) is 0.161. The first kappa shape index (κ1) is 26.4. The number of aromatic nitrogens is 2. The van der Waals surface area contributed by atoms with Gasteiger partial charge in [0.15, 0.2) is 5.11 Å². The number of nitrogens with zero attached hydrogens (tertiary/aromatic N) is 3. The number of pyridine rings is 1. The standard InChI is InChI=1S/C30H30FN5O2S/c1-19-17-23(20(2)36(19)22-10-8-9-21(31)18-22)29-28(25-12-6-7-15-32-25)34-30(39)35(29)16-14-27(37)33-24-11-4-5-13-26(24)38-3/h4-13,15,17-18,28-29H,14,16H2,1-3H3,(H,33,37)(H,34,39)/t28-,29+/m1/s1. The van der Waals surface area contributed by atoms with E-state index in [0.717, 1.165) is 28.3 Å². The maximum atomic E-state index is 14.1. The minimum atomic E-state index is -0.292. The molecule has 7 nitrogen and oxygen atoms in total. The van der Waals surface area contributed by atoms with E-state index in [4.69, 9.17) is 17.0 Å². The van der Waals surface area contributed by atoms with Gasteiger partial charge < -0.3 is 24.8 Å². The molecule has 1 saturated heterocycles. The number of hydrogen-bond acceptors (Lipinski definition) is 4. The molecule has 2 atom stereocenters. The summed E-state index contributed by atoms with van der Waals surface area (Å²) in [6, 6.07) is 21.3. The van der Waals surface area contributed by atoms with Crippen LogP contribution in [0.15, 0.2) is 79.0 Å². The van der Waals surface area contributed by atoms with Gasteiger partial charge in [-0.15, -0.1) is 0 Å². The third kappa shape index (κ3) is 5.35. The molecule has 1 aliphatic heterocycles. The van der Waals surface area contributed by atoms with E-state index in [0.29, 0.717) is 23.1 Å². The van der Waals surface area contributed by atoms with Crippen LogP contribution in [0.25, 0.3) is 5.69 Å². The molecule has 3 heterocycles. The Kier molecular flexibility index (Phi) is 7.60. The molecule has 5 rings (SSSR count). The number of nitrogens with one attached hydrogen (secondary N) is 2. The molecule has 9 heteroatoms. The van der Waals surface area contributed by atoms with E-state index in [9.17, 15) is 9.18 Å². The Labute approximate surface area is 232 Å². The van der Waals surface area contributed by atoms with Gasteiger partial charge in [-0.25, -0.2) is 4.39 Å². The number of hydrogen-bond donors (Lipinski definition) is 2. The fraction of sp³-hybridized carbons (Fsp3) is 0.233. The zero-order valence-corrected chi connectivity index (χ0v) is 22.8. The molecule has 39 heavy (non-hydrogen) atoms. The third-order valence-electron chi connectivity index (χ3n) is 7.01. The first-order valence-corrected chi connectivity index (χ1v) is 13.1. The van der Waals surface area contributed by atoms with Crippen LogP contribution in [0.4, 0.5) is 10.1 Å². The van der Waals surface area contributed by atoms with Crippen LogP contribution in [0.1, 0.15) is 41.1 Å². The molecule has 2 aromatic heterocycles. The average Bonchev–Trinajstić information content (AvgIpc) is 3.42. The number of halogens is 1. The maximum absolute atomic E-state index is 14.1. The summed E-state index contributed by atoms with van der Waals surface area (Å²) in [6.07, 6.45) is 1.98. The lowest BCUT2D eigenvalue weighted by Crippen LogP contribution is -2.33. The molecule has 0 saturated carbocycles. The lowest BCUT2D eigenvalue weighted by molar-refractivity contribution is -0.116. The topological polar surface area (TPSA) is 71.4 Å². The van der Waals surface area contributed by atoms with Gasteiger partial charge in [-0.2, -0.15) is 0 Å². The van der Waals surface area contributed by atoms with Crippen molar-refractivity contribution >= 4 is 28.9 Å². The van der Waals surface area contributed by atoms with Crippen molar-refractivity contribution in [2.24, 2.45) is 0 Å². The van der Waals surface area contributed by atoms with Gasteiger partial charge in [-0.05, 0) is 80.2 Å². The largest absolute Gasteiger partial charge is 0.495 e. The van der Waals surface area contributed by atoms with E-state index in [1.807, 2.05) is 59.7 Å². The molecule has 2 N–H and O–H groups in total. The lowest BCUT2D eigenvalue weighted by atomic mass is 9.96. The molecular weight excluding hydrogens is 513 g/mol. The van der Waals surface area contributed by atoms with Crippen LogP contribution < -0.4 is 15.4 Å². The summed E-state index contributed by atoms with van der Waals surface area (Å²) >= 11 is 5.79. The van der Waals surface area contributed by atoms with Crippen LogP contribution in [-0.4, -0.2) is 39.1 Å². The number of carbonyl (C=O) groups is 1. The van der Waals surface area contributed by atoms with Crippen molar-refractivity contribution in [2.45, 2.75) is 32.4 Å². The molecule has 1 amide bonds. The fourth-order valence-electron chi connectivity index (χ4n) is 5.27. The average molecular weight is 544 g/mol. The second-order valence-electron chi connectivity index (χ2n) is 9.46. The molecule has 0 unspecified atom stereocenters. The zero-order valence-electron chi connectivity index (χ0n) is 22.0. The van der Waals surface area contributed by atoms with Gasteiger partial charge in [0.1, 0.15) is 11.6 Å². The molecule has 1 aliphatic rings. The van der Waals surface area contributed by atoms with Crippen LogP contribution in [0.2, 0.25) is 0 Å². The van der Waals surface area contributed by atoms with Crippen molar-refractivity contribution in [2.75, 3.05) is 19.0 Å². The molecule has 2 aromatic carbocycles. The minimum Gasteiger partial charge on any atom is -0.495 e. The Balaban J connectivity index is 1.47. The van der Waals surface area contributed by atoms with Gasteiger partial charge in [0.25, 0.3) is 0 Å². The predicted octanol–water partition coefficient (Wildman–Crippen LogP) is 5.64. The van der Waals surface area contributed by atoms with Crippen LogP contribution in [0.3, 0.4) is 0 Å². The number of para-hydroxylation sites is 2. The summed E-state index contributed by atoms with van der Waals surface area (Å²) in [5, 5.41) is 6.93. The van der Waals surface area contributed by atoms with E-state index in [1.54, 1.807) is 31.5 Å². The van der Waals surface area contributed by atoms with E-state index in [1.165, 1.54) is 12.1 Å².